The Hall–Kier alpha value is -1.39. The number of allylic oxidation sites excluding steroid dienone is 2. The number of alkyl halides is 6. The van der Waals surface area contributed by atoms with E-state index in [0.717, 1.165) is 0 Å². The fourth-order valence-electron chi connectivity index (χ4n) is 1.70. The standard InChI is InChI=1S/2C7H7O2P.C5H2F6O2.Eu/c2*1-9-6-4-2-3-5-7(6)10-8;6-4(7,8)2(12)1-3(13)5(9,10)11;/h2*2-5H,1H3;1,12H;/b;;2-1-;. The normalized spacial score (nSPS) is 11.2. The van der Waals surface area contributed by atoms with Crippen LogP contribution in [0.1, 0.15) is 0 Å². The molecule has 0 bridgehead atoms. The van der Waals surface area contributed by atoms with Gasteiger partial charge < -0.3 is 14.6 Å². The first-order valence-corrected chi connectivity index (χ1v) is 9.96. The van der Waals surface area contributed by atoms with E-state index in [1.54, 1.807) is 38.5 Å². The zero-order valence-electron chi connectivity index (χ0n) is 17.2. The first-order chi connectivity index (χ1) is 15.3. The second kappa shape index (κ2) is 17.1. The molecule has 0 aromatic heterocycles. The van der Waals surface area contributed by atoms with Crippen LogP contribution in [0.4, 0.5) is 26.3 Å². The van der Waals surface area contributed by atoms with Gasteiger partial charge in [0.1, 0.15) is 11.5 Å². The van der Waals surface area contributed by atoms with Crippen molar-refractivity contribution in [3.8, 4) is 11.5 Å². The van der Waals surface area contributed by atoms with E-state index in [1.165, 1.54) is 0 Å². The molecule has 0 unspecified atom stereocenters. The minimum atomic E-state index is -5.42. The van der Waals surface area contributed by atoms with Crippen molar-refractivity contribution >= 4 is 33.3 Å². The summed E-state index contributed by atoms with van der Waals surface area (Å²) in [6, 6.07) is 14.4. The van der Waals surface area contributed by atoms with E-state index < -0.39 is 30.0 Å². The Kier molecular flexibility index (Phi) is 17.5. The number of carbonyl (C=O) groups is 1. The number of aliphatic hydroxyl groups excluding tert-OH is 1. The van der Waals surface area contributed by atoms with Gasteiger partial charge in [-0.25, -0.2) is 0 Å². The number of aliphatic hydroxyl groups is 1. The zero-order chi connectivity index (χ0) is 25.7. The summed E-state index contributed by atoms with van der Waals surface area (Å²) in [5.74, 6) is -4.00. The number of carbonyl (C=O) groups excluding carboxylic acids is 1. The van der Waals surface area contributed by atoms with Crippen molar-refractivity contribution < 1.29 is 104 Å². The third-order valence-electron chi connectivity index (χ3n) is 3.20. The summed E-state index contributed by atoms with van der Waals surface area (Å²) >= 11 is 0. The van der Waals surface area contributed by atoms with E-state index in [-0.39, 0.29) is 66.3 Å². The number of halogens is 6. The van der Waals surface area contributed by atoms with E-state index in [0.29, 0.717) is 22.1 Å². The van der Waals surface area contributed by atoms with E-state index in [9.17, 15) is 40.3 Å². The van der Waals surface area contributed by atoms with Crippen LogP contribution in [0.25, 0.3) is 0 Å². The number of hydrogen-bond acceptors (Lipinski definition) is 6. The van der Waals surface area contributed by atoms with Crippen molar-refractivity contribution in [3.05, 3.63) is 60.4 Å². The Labute approximate surface area is 234 Å². The molecule has 0 amide bonds. The molecule has 1 N–H and O–H groups in total. The predicted octanol–water partition coefficient (Wildman–Crippen LogP) is 5.35. The van der Waals surface area contributed by atoms with Crippen molar-refractivity contribution in [2.24, 2.45) is 0 Å². The van der Waals surface area contributed by atoms with Crippen LogP contribution in [0.5, 0.6) is 11.5 Å². The van der Waals surface area contributed by atoms with Gasteiger partial charge in [0, 0.05) is 55.5 Å². The first-order valence-electron chi connectivity index (χ1n) is 8.33. The van der Waals surface area contributed by atoms with Gasteiger partial charge in [-0.3, -0.25) is 13.9 Å². The summed E-state index contributed by atoms with van der Waals surface area (Å²) in [6.07, 6.45) is -11.7. The molecule has 0 aliphatic carbocycles. The monoisotopic (exact) mass is 669 g/mol. The van der Waals surface area contributed by atoms with E-state index >= 15 is 0 Å². The molecular weight excluding hydrogens is 652 g/mol. The predicted molar refractivity (Wildman–Crippen MR) is 108 cm³/mol. The molecule has 1 radical (unpaired) electrons. The van der Waals surface area contributed by atoms with Crippen molar-refractivity contribution in [2.45, 2.75) is 12.4 Å². The average Bonchev–Trinajstić information content (AvgIpc) is 2.78. The average molecular weight is 668 g/mol. The van der Waals surface area contributed by atoms with Crippen LogP contribution in [-0.4, -0.2) is 37.5 Å². The molecule has 2 rings (SSSR count). The first kappa shape index (κ1) is 34.8. The van der Waals surface area contributed by atoms with Crippen LogP contribution >= 0.6 is 16.9 Å². The van der Waals surface area contributed by atoms with Gasteiger partial charge in [0.25, 0.3) is 5.78 Å². The molecule has 34 heavy (non-hydrogen) atoms. The largest absolute Gasteiger partial charge is 0.504 e. The van der Waals surface area contributed by atoms with Crippen molar-refractivity contribution in [1.29, 1.82) is 0 Å². The molecule has 0 aliphatic heterocycles. The fourth-order valence-corrected chi connectivity index (χ4v) is 2.50. The summed E-state index contributed by atoms with van der Waals surface area (Å²) in [6.45, 7) is 0. The molecule has 15 heteroatoms. The third kappa shape index (κ3) is 13.5. The van der Waals surface area contributed by atoms with Gasteiger partial charge in [0.2, 0.25) is 5.76 Å². The molecule has 0 saturated carbocycles. The van der Waals surface area contributed by atoms with Crippen LogP contribution in [0.15, 0.2) is 60.4 Å². The number of ketones is 1. The number of methoxy groups -OCH3 is 2. The third-order valence-corrected chi connectivity index (χ3v) is 4.34. The maximum absolute atomic E-state index is 11.4. The van der Waals surface area contributed by atoms with Crippen LogP contribution in [-0.2, 0) is 13.9 Å². The second-order valence-electron chi connectivity index (χ2n) is 5.42. The van der Waals surface area contributed by atoms with Gasteiger partial charge in [0.15, 0.2) is 16.9 Å². The molecule has 187 valence electrons. The summed E-state index contributed by atoms with van der Waals surface area (Å²) < 4.78 is 98.7. The van der Waals surface area contributed by atoms with E-state index in [1.807, 2.05) is 24.3 Å². The quantitative estimate of drug-likeness (QED) is 0.200. The number of para-hydroxylation sites is 2. The number of hydrogen-bond donors (Lipinski definition) is 1. The molecule has 6 nitrogen and oxygen atoms in total. The Balaban J connectivity index is 0. The number of benzene rings is 2. The van der Waals surface area contributed by atoms with E-state index in [4.69, 9.17) is 14.6 Å². The Morgan fingerprint density at radius 3 is 1.38 bits per heavy atom. The Morgan fingerprint density at radius 1 is 0.794 bits per heavy atom. The molecule has 2 aromatic rings. The molecular formula is C19H16EuF6O6P2. The van der Waals surface area contributed by atoms with Gasteiger partial charge in [-0.2, -0.15) is 26.3 Å². The van der Waals surface area contributed by atoms with Crippen molar-refractivity contribution in [3.63, 3.8) is 0 Å². The molecule has 0 spiro atoms. The SMILES string of the molecule is COc1ccccc1P=O.COc1ccccc1P=O.O=C(/C=C(\O)C(F)(F)F)C(F)(F)F.[Eu]. The molecule has 0 atom stereocenters. The number of rotatable bonds is 5. The molecule has 0 heterocycles. The topological polar surface area (TPSA) is 89.9 Å². The van der Waals surface area contributed by atoms with Crippen LogP contribution in [0.2, 0.25) is 0 Å². The van der Waals surface area contributed by atoms with Crippen molar-refractivity contribution in [2.75, 3.05) is 14.2 Å². The number of ether oxygens (including phenoxy) is 2. The molecule has 0 fully saturated rings. The fraction of sp³-hybridized carbons (Fsp3) is 0.211. The van der Waals surface area contributed by atoms with Gasteiger partial charge in [-0.1, -0.05) is 24.3 Å². The molecule has 0 aliphatic rings. The minimum absolute atomic E-state index is 0. The zero-order valence-corrected chi connectivity index (χ0v) is 21.4. The summed E-state index contributed by atoms with van der Waals surface area (Å²) in [5.41, 5.74) is 0. The van der Waals surface area contributed by atoms with Gasteiger partial charge >= 0.3 is 12.4 Å². The maximum Gasteiger partial charge on any atom is 0.454 e. The van der Waals surface area contributed by atoms with Crippen LogP contribution in [0.3, 0.4) is 0 Å². The Bertz CT molecular complexity index is 915. The Morgan fingerprint density at radius 2 is 1.15 bits per heavy atom. The minimum Gasteiger partial charge on any atom is -0.504 e. The van der Waals surface area contributed by atoms with Gasteiger partial charge in [-0.15, -0.1) is 0 Å². The summed E-state index contributed by atoms with van der Waals surface area (Å²) in [7, 11) is 3.12. The summed E-state index contributed by atoms with van der Waals surface area (Å²) in [5, 5.41) is 9.31. The molecule has 0 saturated heterocycles. The van der Waals surface area contributed by atoms with Gasteiger partial charge in [-0.05, 0) is 24.3 Å². The van der Waals surface area contributed by atoms with Gasteiger partial charge in [0.05, 0.1) is 24.8 Å². The van der Waals surface area contributed by atoms with E-state index in [2.05, 4.69) is 0 Å². The van der Waals surface area contributed by atoms with Crippen LogP contribution in [0, 0.1) is 49.4 Å². The smallest absolute Gasteiger partial charge is 0.454 e. The maximum atomic E-state index is 11.4. The van der Waals surface area contributed by atoms with Crippen LogP contribution < -0.4 is 20.1 Å². The van der Waals surface area contributed by atoms with Crippen molar-refractivity contribution in [1.82, 2.24) is 0 Å². The summed E-state index contributed by atoms with van der Waals surface area (Å²) in [4.78, 5) is 9.86. The molecule has 2 aromatic carbocycles. The second-order valence-corrected chi connectivity index (χ2v) is 6.74.